The fourth-order valence-corrected chi connectivity index (χ4v) is 4.38. The monoisotopic (exact) mass is 451 g/mol. The van der Waals surface area contributed by atoms with Crippen LogP contribution in [0.5, 0.6) is 0 Å². The first-order valence-corrected chi connectivity index (χ1v) is 11.4. The lowest BCUT2D eigenvalue weighted by molar-refractivity contribution is 0.0285. The predicted octanol–water partition coefficient (Wildman–Crippen LogP) is 3.04. The Balaban J connectivity index is 1.95. The second kappa shape index (κ2) is 9.97. The van der Waals surface area contributed by atoms with Crippen molar-refractivity contribution in [2.75, 3.05) is 18.5 Å². The highest BCUT2D eigenvalue weighted by atomic mass is 16.5. The molecule has 1 aliphatic heterocycles. The fourth-order valence-electron chi connectivity index (χ4n) is 4.38. The van der Waals surface area contributed by atoms with Crippen LogP contribution >= 0.6 is 0 Å². The van der Waals surface area contributed by atoms with Crippen molar-refractivity contribution in [2.24, 2.45) is 5.41 Å². The Bertz CT molecular complexity index is 1010. The molecule has 3 rings (SSSR count). The maximum Gasteiger partial charge on any atom is 0.493 e. The Morgan fingerprint density at radius 3 is 2.42 bits per heavy atom. The number of anilines is 1. The zero-order valence-corrected chi connectivity index (χ0v) is 20.4. The van der Waals surface area contributed by atoms with Crippen LogP contribution in [-0.2, 0) is 4.65 Å². The number of aryl methyl sites for hydroxylation is 2. The van der Waals surface area contributed by atoms with Gasteiger partial charge >= 0.3 is 7.12 Å². The minimum absolute atomic E-state index is 0.219. The molecule has 0 saturated carbocycles. The number of rotatable bonds is 4. The maximum absolute atomic E-state index is 13.6. The second-order valence-corrected chi connectivity index (χ2v) is 9.73. The Labute approximate surface area is 196 Å². The fraction of sp³-hybridized carbons (Fsp3) is 0.440. The smallest absolute Gasteiger partial charge is 0.423 e. The van der Waals surface area contributed by atoms with Gasteiger partial charge in [0.2, 0.25) is 0 Å². The van der Waals surface area contributed by atoms with E-state index in [0.29, 0.717) is 41.8 Å². The third-order valence-electron chi connectivity index (χ3n) is 5.88. The molecule has 0 fully saturated rings. The van der Waals surface area contributed by atoms with Crippen LogP contribution in [0.1, 0.15) is 66.0 Å². The van der Waals surface area contributed by atoms with E-state index in [1.165, 1.54) is 5.01 Å². The number of carbonyl (C=O) groups is 2. The topological polar surface area (TPSA) is 90.9 Å². The van der Waals surface area contributed by atoms with Gasteiger partial charge in [-0.05, 0) is 49.9 Å². The number of fused-ring (bicyclic) bond motifs is 1. The quantitative estimate of drug-likeness (QED) is 0.491. The van der Waals surface area contributed by atoms with Crippen molar-refractivity contribution in [2.45, 2.75) is 54.0 Å². The third kappa shape index (κ3) is 5.75. The molecule has 0 bridgehead atoms. The zero-order chi connectivity index (χ0) is 24.3. The standard InChI is InChI=1S/C25H34BN3O4/c1-7-22(25(4,5)6)29(24(31)19-13-16(2)12-17(3)14-19)28-23(30)18-8-9-20-21(15-18)27-10-11-33-26(20)32/h8-9,12-15,22,27,32H,7,10-11H2,1-6H3,(H,28,30). The Kier molecular flexibility index (Phi) is 7.49. The van der Waals surface area contributed by atoms with E-state index >= 15 is 0 Å². The molecule has 0 aliphatic carbocycles. The van der Waals surface area contributed by atoms with Crippen molar-refractivity contribution in [1.29, 1.82) is 0 Å². The molecule has 7 nitrogen and oxygen atoms in total. The molecule has 176 valence electrons. The van der Waals surface area contributed by atoms with Crippen LogP contribution in [0.15, 0.2) is 36.4 Å². The molecule has 1 aliphatic rings. The first kappa shape index (κ1) is 24.8. The largest absolute Gasteiger partial charge is 0.493 e. The predicted molar refractivity (Wildman–Crippen MR) is 132 cm³/mol. The van der Waals surface area contributed by atoms with Crippen LogP contribution in [0.4, 0.5) is 5.69 Å². The van der Waals surface area contributed by atoms with Gasteiger partial charge in [-0.1, -0.05) is 51.0 Å². The van der Waals surface area contributed by atoms with Crippen molar-refractivity contribution in [3.05, 3.63) is 58.7 Å². The lowest BCUT2D eigenvalue weighted by Crippen LogP contribution is -2.56. The molecule has 0 radical (unpaired) electrons. The van der Waals surface area contributed by atoms with Gasteiger partial charge in [-0.3, -0.25) is 15.0 Å². The highest BCUT2D eigenvalue weighted by Gasteiger charge is 2.34. The van der Waals surface area contributed by atoms with Crippen molar-refractivity contribution >= 4 is 30.1 Å². The Morgan fingerprint density at radius 1 is 1.15 bits per heavy atom. The average Bonchev–Trinajstić information content (AvgIpc) is 2.92. The summed E-state index contributed by atoms with van der Waals surface area (Å²) in [7, 11) is -1.04. The molecule has 1 unspecified atom stereocenters. The van der Waals surface area contributed by atoms with Crippen LogP contribution in [0.25, 0.3) is 0 Å². The van der Waals surface area contributed by atoms with Gasteiger partial charge in [0, 0.05) is 35.4 Å². The number of nitrogens with zero attached hydrogens (tertiary/aromatic N) is 1. The molecule has 8 heteroatoms. The second-order valence-electron chi connectivity index (χ2n) is 9.73. The van der Waals surface area contributed by atoms with E-state index in [1.807, 2.05) is 39.0 Å². The molecule has 1 atom stereocenters. The highest BCUT2D eigenvalue weighted by Crippen LogP contribution is 2.28. The van der Waals surface area contributed by atoms with Gasteiger partial charge in [-0.25, -0.2) is 5.01 Å². The summed E-state index contributed by atoms with van der Waals surface area (Å²) in [5.74, 6) is -0.631. The van der Waals surface area contributed by atoms with Crippen molar-refractivity contribution < 1.29 is 19.3 Å². The summed E-state index contributed by atoms with van der Waals surface area (Å²) < 4.78 is 5.32. The van der Waals surface area contributed by atoms with Crippen LogP contribution in [-0.4, -0.2) is 48.2 Å². The summed E-state index contributed by atoms with van der Waals surface area (Å²) >= 11 is 0. The first-order chi connectivity index (χ1) is 15.5. The summed E-state index contributed by atoms with van der Waals surface area (Å²) in [6, 6.07) is 10.5. The molecule has 0 aromatic heterocycles. The van der Waals surface area contributed by atoms with Gasteiger partial charge in [0.15, 0.2) is 0 Å². The van der Waals surface area contributed by atoms with Crippen LogP contribution in [0.3, 0.4) is 0 Å². The SMILES string of the molecule is CCC(N(NC(=O)c1ccc2c(c1)NCCOB2O)C(=O)c1cc(C)cc(C)c1)C(C)(C)C. The normalized spacial score (nSPS) is 14.6. The van der Waals surface area contributed by atoms with Crippen molar-refractivity contribution in [3.8, 4) is 0 Å². The van der Waals surface area contributed by atoms with E-state index in [2.05, 4.69) is 31.5 Å². The average molecular weight is 451 g/mol. The van der Waals surface area contributed by atoms with Crippen LogP contribution in [0.2, 0.25) is 0 Å². The lowest BCUT2D eigenvalue weighted by Gasteiger charge is -2.39. The summed E-state index contributed by atoms with van der Waals surface area (Å²) in [4.78, 5) is 26.9. The number of amides is 2. The molecule has 0 saturated heterocycles. The summed E-state index contributed by atoms with van der Waals surface area (Å²) in [6.07, 6.45) is 0.676. The van der Waals surface area contributed by atoms with E-state index in [1.54, 1.807) is 18.2 Å². The molecule has 1 heterocycles. The number of hydrogen-bond donors (Lipinski definition) is 3. The van der Waals surface area contributed by atoms with E-state index in [0.717, 1.165) is 11.1 Å². The zero-order valence-electron chi connectivity index (χ0n) is 20.4. The summed E-state index contributed by atoms with van der Waals surface area (Å²) in [5, 5.41) is 14.8. The van der Waals surface area contributed by atoms with Crippen molar-refractivity contribution in [3.63, 3.8) is 0 Å². The molecule has 2 aromatic rings. The maximum atomic E-state index is 13.6. The van der Waals surface area contributed by atoms with Gasteiger partial charge in [0.1, 0.15) is 0 Å². The number of benzene rings is 2. The Hall–Kier alpha value is -2.84. The summed E-state index contributed by atoms with van der Waals surface area (Å²) in [5.41, 5.74) is 6.76. The molecule has 33 heavy (non-hydrogen) atoms. The highest BCUT2D eigenvalue weighted by molar-refractivity contribution is 6.62. The van der Waals surface area contributed by atoms with Gasteiger partial charge in [0.25, 0.3) is 11.8 Å². The first-order valence-electron chi connectivity index (χ1n) is 11.4. The van der Waals surface area contributed by atoms with E-state index in [9.17, 15) is 14.6 Å². The van der Waals surface area contributed by atoms with E-state index < -0.39 is 7.12 Å². The summed E-state index contributed by atoms with van der Waals surface area (Å²) in [6.45, 7) is 13.0. The minimum Gasteiger partial charge on any atom is -0.423 e. The molecule has 3 N–H and O–H groups in total. The van der Waals surface area contributed by atoms with Gasteiger partial charge < -0.3 is 15.0 Å². The lowest BCUT2D eigenvalue weighted by atomic mass is 9.78. The number of hydrogen-bond acceptors (Lipinski definition) is 5. The molecule has 2 aromatic carbocycles. The number of hydrazine groups is 1. The Morgan fingerprint density at radius 2 is 1.82 bits per heavy atom. The minimum atomic E-state index is -1.04. The van der Waals surface area contributed by atoms with Crippen LogP contribution < -0.4 is 16.2 Å². The van der Waals surface area contributed by atoms with Gasteiger partial charge in [0.05, 0.1) is 6.04 Å². The van der Waals surface area contributed by atoms with Crippen molar-refractivity contribution in [1.82, 2.24) is 10.4 Å². The van der Waals surface area contributed by atoms with E-state index in [4.69, 9.17) is 4.65 Å². The molecule has 2 amide bonds. The number of carbonyl (C=O) groups excluding carboxylic acids is 2. The number of nitrogens with one attached hydrogen (secondary N) is 2. The van der Waals surface area contributed by atoms with Crippen LogP contribution in [0, 0.1) is 19.3 Å². The molecular formula is C25H34BN3O4. The molecular weight excluding hydrogens is 417 g/mol. The van der Waals surface area contributed by atoms with Gasteiger partial charge in [-0.15, -0.1) is 0 Å². The van der Waals surface area contributed by atoms with Gasteiger partial charge in [-0.2, -0.15) is 0 Å². The molecule has 0 spiro atoms. The van der Waals surface area contributed by atoms with E-state index in [-0.39, 0.29) is 23.3 Å². The third-order valence-corrected chi connectivity index (χ3v) is 5.88.